The van der Waals surface area contributed by atoms with Gasteiger partial charge >= 0.3 is 0 Å². The van der Waals surface area contributed by atoms with Gasteiger partial charge in [-0.05, 0) is 33.1 Å². The first-order valence-electron chi connectivity index (χ1n) is 5.17. The monoisotopic (exact) mass is 234 g/mol. The van der Waals surface area contributed by atoms with Gasteiger partial charge in [-0.25, -0.2) is 0 Å². The molecule has 0 saturated carbocycles. The molecule has 0 aliphatic heterocycles. The van der Waals surface area contributed by atoms with Gasteiger partial charge in [0.25, 0.3) is 0 Å². The van der Waals surface area contributed by atoms with Crippen LogP contribution >= 0.6 is 0 Å². The average molecular weight is 234 g/mol. The molecule has 0 aliphatic carbocycles. The Balaban J connectivity index is 3.71. The summed E-state index contributed by atoms with van der Waals surface area (Å²) in [5.74, 6) is 0.0302. The van der Waals surface area contributed by atoms with E-state index in [-0.39, 0.29) is 10.7 Å². The van der Waals surface area contributed by atoms with Crippen LogP contribution in [0, 0.1) is 5.92 Å². The summed E-state index contributed by atoms with van der Waals surface area (Å²) in [6.07, 6.45) is 1.13. The third-order valence-corrected chi connectivity index (χ3v) is 3.54. The summed E-state index contributed by atoms with van der Waals surface area (Å²) in [5, 5.41) is 0. The van der Waals surface area contributed by atoms with E-state index in [0.29, 0.717) is 18.9 Å². The molecule has 0 aromatic heterocycles. The second-order valence-electron chi connectivity index (χ2n) is 4.84. The molecule has 0 aliphatic rings. The van der Waals surface area contributed by atoms with Crippen LogP contribution in [0.3, 0.4) is 0 Å². The lowest BCUT2D eigenvalue weighted by Gasteiger charge is -2.24. The van der Waals surface area contributed by atoms with Gasteiger partial charge in [0.2, 0.25) is 5.91 Å². The maximum Gasteiger partial charge on any atom is 0.217 e. The number of rotatable bonds is 6. The van der Waals surface area contributed by atoms with Crippen molar-refractivity contribution in [2.45, 2.75) is 45.3 Å². The van der Waals surface area contributed by atoms with Crippen LogP contribution in [-0.4, -0.2) is 21.8 Å². The summed E-state index contributed by atoms with van der Waals surface area (Å²) in [7, 11) is 0. The number of hydrogen-bond donors (Lipinski definition) is 2. The molecule has 0 saturated heterocycles. The summed E-state index contributed by atoms with van der Waals surface area (Å²) < 4.78 is 14.3. The molecule has 0 rings (SSSR count). The molecule has 0 aromatic carbocycles. The molecule has 3 N–H and O–H groups in total. The molecule has 0 aromatic rings. The fraction of sp³-hybridized carbons (Fsp3) is 0.900. The Hall–Kier alpha value is -0.260. The highest BCUT2D eigenvalue weighted by molar-refractivity contribution is 7.90. The van der Waals surface area contributed by atoms with Gasteiger partial charge in [-0.15, -0.1) is 4.72 Å². The number of nitrogens with two attached hydrogens (primary N) is 1. The van der Waals surface area contributed by atoms with Crippen molar-refractivity contribution in [1.82, 2.24) is 4.72 Å². The van der Waals surface area contributed by atoms with E-state index in [1.54, 1.807) is 0 Å². The van der Waals surface area contributed by atoms with Crippen LogP contribution in [0.15, 0.2) is 0 Å². The highest BCUT2D eigenvalue weighted by Gasteiger charge is 2.26. The summed E-state index contributed by atoms with van der Waals surface area (Å²) in [6.45, 7) is 8.42. The summed E-state index contributed by atoms with van der Waals surface area (Å²) in [5.41, 5.74) is 5.05. The smallest absolute Gasteiger partial charge is 0.217 e. The Labute approximate surface area is 95.3 Å². The molecule has 0 radical (unpaired) electrons. The zero-order valence-corrected chi connectivity index (χ0v) is 10.8. The standard InChI is InChI=1S/C10H22N2O2S/c1-8(5-6-9(11)13)7-12-15(14)10(2,3)4/h8,12H,5-7H2,1-4H3,(H2,11,13). The lowest BCUT2D eigenvalue weighted by atomic mass is 10.1. The second kappa shape index (κ2) is 6.35. The van der Waals surface area contributed by atoms with Crippen molar-refractivity contribution in [3.8, 4) is 0 Å². The van der Waals surface area contributed by atoms with E-state index in [0.717, 1.165) is 6.42 Å². The maximum absolute atomic E-state index is 11.6. The van der Waals surface area contributed by atoms with Crippen LogP contribution in [-0.2, 0) is 16.2 Å². The molecule has 2 unspecified atom stereocenters. The normalized spacial score (nSPS) is 16.1. The average Bonchev–Trinajstić information content (AvgIpc) is 2.09. The zero-order chi connectivity index (χ0) is 12.1. The van der Waals surface area contributed by atoms with Gasteiger partial charge in [0.1, 0.15) is 4.75 Å². The van der Waals surface area contributed by atoms with E-state index in [9.17, 15) is 9.35 Å². The van der Waals surface area contributed by atoms with Crippen molar-refractivity contribution >= 4 is 17.3 Å². The molecule has 1 amide bonds. The second-order valence-corrected chi connectivity index (χ2v) is 6.89. The minimum Gasteiger partial charge on any atom is -0.598 e. The lowest BCUT2D eigenvalue weighted by molar-refractivity contribution is -0.118. The number of primary amides is 1. The van der Waals surface area contributed by atoms with Gasteiger partial charge in [-0.2, -0.15) is 0 Å². The molecule has 2 atom stereocenters. The van der Waals surface area contributed by atoms with Gasteiger partial charge in [0.15, 0.2) is 0 Å². The third kappa shape index (κ3) is 7.64. The zero-order valence-electron chi connectivity index (χ0n) is 10.0. The number of nitrogens with one attached hydrogen (secondary N) is 1. The largest absolute Gasteiger partial charge is 0.598 e. The van der Waals surface area contributed by atoms with Crippen LogP contribution in [0.25, 0.3) is 0 Å². The van der Waals surface area contributed by atoms with Gasteiger partial charge < -0.3 is 10.3 Å². The van der Waals surface area contributed by atoms with Crippen molar-refractivity contribution in [2.24, 2.45) is 11.7 Å². The molecule has 15 heavy (non-hydrogen) atoms. The van der Waals surface area contributed by atoms with Gasteiger partial charge in [0, 0.05) is 24.3 Å². The van der Waals surface area contributed by atoms with Crippen LogP contribution < -0.4 is 10.5 Å². The predicted molar refractivity (Wildman–Crippen MR) is 63.5 cm³/mol. The van der Waals surface area contributed by atoms with Crippen LogP contribution in [0.5, 0.6) is 0 Å². The van der Waals surface area contributed by atoms with E-state index in [1.165, 1.54) is 0 Å². The van der Waals surface area contributed by atoms with E-state index < -0.39 is 11.4 Å². The first kappa shape index (κ1) is 14.7. The number of amides is 1. The molecule has 0 spiro atoms. The molecular weight excluding hydrogens is 212 g/mol. The quantitative estimate of drug-likeness (QED) is 0.671. The van der Waals surface area contributed by atoms with E-state index in [1.807, 2.05) is 27.7 Å². The van der Waals surface area contributed by atoms with Crippen molar-refractivity contribution in [1.29, 1.82) is 0 Å². The molecule has 0 fully saturated rings. The predicted octanol–water partition coefficient (Wildman–Crippen LogP) is 0.940. The van der Waals surface area contributed by atoms with E-state index in [2.05, 4.69) is 4.72 Å². The topological polar surface area (TPSA) is 78.2 Å². The van der Waals surface area contributed by atoms with Crippen LogP contribution in [0.1, 0.15) is 40.5 Å². The third-order valence-electron chi connectivity index (χ3n) is 2.00. The lowest BCUT2D eigenvalue weighted by Crippen LogP contribution is -2.41. The van der Waals surface area contributed by atoms with Crippen LogP contribution in [0.2, 0.25) is 0 Å². The minimum atomic E-state index is -1.04. The first-order valence-corrected chi connectivity index (χ1v) is 6.32. The van der Waals surface area contributed by atoms with Gasteiger partial charge in [-0.1, -0.05) is 6.92 Å². The number of carbonyl (C=O) groups excluding carboxylic acids is 1. The van der Waals surface area contributed by atoms with E-state index >= 15 is 0 Å². The highest BCUT2D eigenvalue weighted by atomic mass is 32.2. The highest BCUT2D eigenvalue weighted by Crippen LogP contribution is 2.14. The Morgan fingerprint density at radius 1 is 1.53 bits per heavy atom. The minimum absolute atomic E-state index is 0.247. The van der Waals surface area contributed by atoms with Gasteiger partial charge in [-0.3, -0.25) is 4.79 Å². The summed E-state index contributed by atoms with van der Waals surface area (Å²) >= 11 is -1.04. The molecular formula is C10H22N2O2S. The van der Waals surface area contributed by atoms with Crippen molar-refractivity contribution < 1.29 is 9.35 Å². The first-order chi connectivity index (χ1) is 6.73. The van der Waals surface area contributed by atoms with E-state index in [4.69, 9.17) is 5.73 Å². The molecule has 4 nitrogen and oxygen atoms in total. The Bertz CT molecular complexity index is 204. The Morgan fingerprint density at radius 2 is 2.07 bits per heavy atom. The van der Waals surface area contributed by atoms with Crippen molar-refractivity contribution in [2.75, 3.05) is 6.54 Å². The SMILES string of the molecule is CC(CCC(N)=O)CN[S+]([O-])C(C)(C)C. The number of carbonyl (C=O) groups is 1. The molecule has 90 valence electrons. The summed E-state index contributed by atoms with van der Waals surface area (Å²) in [6, 6.07) is 0. The number of hydrogen-bond acceptors (Lipinski definition) is 3. The Kier molecular flexibility index (Phi) is 6.24. The molecule has 0 heterocycles. The summed E-state index contributed by atoms with van der Waals surface area (Å²) in [4.78, 5) is 10.5. The Morgan fingerprint density at radius 3 is 2.47 bits per heavy atom. The van der Waals surface area contributed by atoms with Crippen molar-refractivity contribution in [3.05, 3.63) is 0 Å². The maximum atomic E-state index is 11.6. The van der Waals surface area contributed by atoms with Crippen LogP contribution in [0.4, 0.5) is 0 Å². The fourth-order valence-corrected chi connectivity index (χ4v) is 1.79. The van der Waals surface area contributed by atoms with Crippen molar-refractivity contribution in [3.63, 3.8) is 0 Å². The molecule has 0 bridgehead atoms. The fourth-order valence-electron chi connectivity index (χ4n) is 0.925. The molecule has 5 heteroatoms. The van der Waals surface area contributed by atoms with Gasteiger partial charge in [0.05, 0.1) is 0 Å².